The Labute approximate surface area is 165 Å². The van der Waals surface area contributed by atoms with E-state index in [0.29, 0.717) is 21.6 Å². The molecule has 12 heteroatoms. The molecule has 0 radical (unpaired) electrons. The smallest absolute Gasteiger partial charge is 0.233 e. The number of hydrogen-bond donors (Lipinski definition) is 2. The average Bonchev–Trinajstić information content (AvgIpc) is 3.16. The van der Waals surface area contributed by atoms with Gasteiger partial charge in [0.1, 0.15) is 0 Å². The summed E-state index contributed by atoms with van der Waals surface area (Å²) in [6, 6.07) is -0.308. The molecular weight excluding hydrogens is 416 g/mol. The van der Waals surface area contributed by atoms with Crippen molar-refractivity contribution < 1.29 is 18.0 Å². The Bertz CT molecular complexity index is 737. The maximum absolute atomic E-state index is 12.2. The van der Waals surface area contributed by atoms with E-state index in [1.54, 1.807) is 6.92 Å². The lowest BCUT2D eigenvalue weighted by atomic mass is 10.2. The number of aromatic nitrogens is 2. The summed E-state index contributed by atoms with van der Waals surface area (Å²) in [6.07, 6.45) is 1.36. The van der Waals surface area contributed by atoms with Gasteiger partial charge < -0.3 is 10.6 Å². The molecule has 2 amide bonds. The molecule has 1 saturated heterocycles. The van der Waals surface area contributed by atoms with Crippen LogP contribution in [-0.4, -0.2) is 65.5 Å². The van der Waals surface area contributed by atoms with Crippen LogP contribution in [0.2, 0.25) is 0 Å². The van der Waals surface area contributed by atoms with Gasteiger partial charge in [0, 0.05) is 12.6 Å². The Morgan fingerprint density at radius 2 is 2.08 bits per heavy atom. The third-order valence-electron chi connectivity index (χ3n) is 3.51. The lowest BCUT2D eigenvalue weighted by Gasteiger charge is -2.14. The van der Waals surface area contributed by atoms with E-state index in [0.717, 1.165) is 6.42 Å². The van der Waals surface area contributed by atoms with E-state index in [1.807, 2.05) is 6.92 Å². The predicted octanol–water partition coefficient (Wildman–Crippen LogP) is 0.940. The topological polar surface area (TPSA) is 118 Å². The molecule has 26 heavy (non-hydrogen) atoms. The van der Waals surface area contributed by atoms with E-state index in [4.69, 9.17) is 0 Å². The Balaban J connectivity index is 1.76. The highest BCUT2D eigenvalue weighted by molar-refractivity contribution is 8.04. The molecule has 2 rings (SSSR count). The molecule has 1 fully saturated rings. The number of nitrogens with one attached hydrogen (secondary N) is 2. The number of sulfone groups is 1. The quantitative estimate of drug-likeness (QED) is 0.547. The number of hydrogen-bond acceptors (Lipinski definition) is 9. The summed E-state index contributed by atoms with van der Waals surface area (Å²) in [5.74, 6) is 0.171. The van der Waals surface area contributed by atoms with Gasteiger partial charge in [-0.1, -0.05) is 41.8 Å². The van der Waals surface area contributed by atoms with Crippen LogP contribution >= 0.6 is 34.9 Å². The number of carbonyl (C=O) groups excluding carboxylic acids is 2. The first kappa shape index (κ1) is 21.5. The van der Waals surface area contributed by atoms with Crippen molar-refractivity contribution in [2.75, 3.05) is 23.8 Å². The summed E-state index contributed by atoms with van der Waals surface area (Å²) < 4.78 is 24.2. The second-order valence-electron chi connectivity index (χ2n) is 5.84. The van der Waals surface area contributed by atoms with Crippen LogP contribution in [0.5, 0.6) is 0 Å². The molecule has 0 aromatic carbocycles. The molecule has 2 atom stereocenters. The summed E-state index contributed by atoms with van der Waals surface area (Å²) in [5, 5.41) is 13.2. The third kappa shape index (κ3) is 7.05. The fraction of sp³-hybridized carbons (Fsp3) is 0.714. The van der Waals surface area contributed by atoms with Gasteiger partial charge >= 0.3 is 0 Å². The first-order valence-corrected chi connectivity index (χ1v) is 12.7. The third-order valence-corrected chi connectivity index (χ3v) is 8.52. The van der Waals surface area contributed by atoms with Crippen molar-refractivity contribution in [3.05, 3.63) is 0 Å². The van der Waals surface area contributed by atoms with E-state index < -0.39 is 15.1 Å². The van der Waals surface area contributed by atoms with Gasteiger partial charge in [0.25, 0.3) is 0 Å². The lowest BCUT2D eigenvalue weighted by molar-refractivity contribution is -0.121. The zero-order chi connectivity index (χ0) is 19.2. The van der Waals surface area contributed by atoms with E-state index in [9.17, 15) is 18.0 Å². The molecule has 1 aliphatic rings. The highest BCUT2D eigenvalue weighted by Crippen LogP contribution is 2.31. The molecule has 0 bridgehead atoms. The molecule has 0 saturated carbocycles. The van der Waals surface area contributed by atoms with E-state index in [2.05, 4.69) is 20.8 Å². The van der Waals surface area contributed by atoms with E-state index >= 15 is 0 Å². The Hall–Kier alpha value is -0.850. The Kier molecular flexibility index (Phi) is 8.17. The molecule has 1 aromatic rings. The maximum atomic E-state index is 12.2. The summed E-state index contributed by atoms with van der Waals surface area (Å²) in [6.45, 7) is 4.39. The number of amides is 2. The van der Waals surface area contributed by atoms with Gasteiger partial charge in [-0.05, 0) is 19.8 Å². The van der Waals surface area contributed by atoms with Crippen molar-refractivity contribution >= 4 is 56.5 Å². The maximum Gasteiger partial charge on any atom is 0.233 e. The van der Waals surface area contributed by atoms with Crippen molar-refractivity contribution in [1.29, 1.82) is 0 Å². The lowest BCUT2D eigenvalue weighted by Crippen LogP contribution is -2.39. The molecular formula is C14H22N4O4S4. The van der Waals surface area contributed by atoms with E-state index in [1.165, 1.54) is 34.9 Å². The van der Waals surface area contributed by atoms with Crippen molar-refractivity contribution in [3.8, 4) is 0 Å². The van der Waals surface area contributed by atoms with Gasteiger partial charge in [0.15, 0.2) is 18.5 Å². The van der Waals surface area contributed by atoms with Gasteiger partial charge in [0.2, 0.25) is 11.8 Å². The second kappa shape index (κ2) is 9.90. The van der Waals surface area contributed by atoms with Crippen LogP contribution in [0.3, 0.4) is 0 Å². The van der Waals surface area contributed by atoms with Crippen LogP contribution in [0.25, 0.3) is 0 Å². The van der Waals surface area contributed by atoms with Crippen molar-refractivity contribution in [1.82, 2.24) is 20.8 Å². The number of rotatable bonds is 9. The zero-order valence-electron chi connectivity index (χ0n) is 14.6. The SMILES string of the molecule is CCCNC(=O)CSc1nnc(S[C@@H](C)C(=O)N[C@H]2CCS(=O)(=O)C2)s1. The normalized spacial score (nSPS) is 19.8. The fourth-order valence-corrected chi connectivity index (χ4v) is 6.85. The molecule has 2 N–H and O–H groups in total. The van der Waals surface area contributed by atoms with Crippen LogP contribution < -0.4 is 10.6 Å². The molecule has 8 nitrogen and oxygen atoms in total. The van der Waals surface area contributed by atoms with Crippen molar-refractivity contribution in [3.63, 3.8) is 0 Å². The van der Waals surface area contributed by atoms with Crippen molar-refractivity contribution in [2.45, 2.75) is 46.7 Å². The molecule has 2 heterocycles. The molecule has 0 aliphatic carbocycles. The zero-order valence-corrected chi connectivity index (χ0v) is 17.8. The standard InChI is InChI=1S/C14H22N4O4S4/c1-3-5-15-11(19)7-23-13-17-18-14(25-13)24-9(2)12(20)16-10-4-6-26(21,22)8-10/h9-10H,3-8H2,1-2H3,(H,15,19)(H,16,20)/t9-,10-/m0/s1. The molecule has 0 spiro atoms. The summed E-state index contributed by atoms with van der Waals surface area (Å²) in [5.41, 5.74) is 0. The van der Waals surface area contributed by atoms with Crippen molar-refractivity contribution in [2.24, 2.45) is 0 Å². The van der Waals surface area contributed by atoms with Gasteiger partial charge in [-0.15, -0.1) is 10.2 Å². The van der Waals surface area contributed by atoms with Gasteiger partial charge in [-0.25, -0.2) is 8.42 Å². The Morgan fingerprint density at radius 3 is 2.73 bits per heavy atom. The summed E-state index contributed by atoms with van der Waals surface area (Å²) >= 11 is 3.92. The molecule has 1 aliphatic heterocycles. The first-order valence-electron chi connectivity index (χ1n) is 8.19. The Morgan fingerprint density at radius 1 is 1.35 bits per heavy atom. The van der Waals surface area contributed by atoms with Crippen LogP contribution in [0.4, 0.5) is 0 Å². The summed E-state index contributed by atoms with van der Waals surface area (Å²) in [7, 11) is -3.02. The highest BCUT2D eigenvalue weighted by atomic mass is 32.2. The first-order chi connectivity index (χ1) is 12.3. The van der Waals surface area contributed by atoms with Crippen LogP contribution in [-0.2, 0) is 19.4 Å². The van der Waals surface area contributed by atoms with Crippen LogP contribution in [0.1, 0.15) is 26.7 Å². The number of thioether (sulfide) groups is 2. The molecule has 146 valence electrons. The number of carbonyl (C=O) groups is 2. The van der Waals surface area contributed by atoms with Gasteiger partial charge in [-0.2, -0.15) is 0 Å². The largest absolute Gasteiger partial charge is 0.355 e. The monoisotopic (exact) mass is 438 g/mol. The number of nitrogens with zero attached hydrogens (tertiary/aromatic N) is 2. The van der Waals surface area contributed by atoms with Crippen LogP contribution in [0.15, 0.2) is 8.68 Å². The average molecular weight is 439 g/mol. The predicted molar refractivity (Wildman–Crippen MR) is 104 cm³/mol. The van der Waals surface area contributed by atoms with Gasteiger partial charge in [0.05, 0.1) is 22.5 Å². The van der Waals surface area contributed by atoms with E-state index in [-0.39, 0.29) is 35.1 Å². The minimum atomic E-state index is -3.02. The minimum Gasteiger partial charge on any atom is -0.355 e. The second-order valence-corrected chi connectivity index (χ2v) is 11.9. The summed E-state index contributed by atoms with van der Waals surface area (Å²) in [4.78, 5) is 23.8. The highest BCUT2D eigenvalue weighted by Gasteiger charge is 2.30. The van der Waals surface area contributed by atoms with Crippen LogP contribution in [0, 0.1) is 0 Å². The van der Waals surface area contributed by atoms with Gasteiger partial charge in [-0.3, -0.25) is 9.59 Å². The fourth-order valence-electron chi connectivity index (χ4n) is 2.18. The minimum absolute atomic E-state index is 0.00974. The molecule has 0 unspecified atom stereocenters. The molecule has 1 aromatic heterocycles.